The number of halogens is 1. The molecule has 0 spiro atoms. The van der Waals surface area contributed by atoms with Crippen LogP contribution < -0.4 is 10.2 Å². The molecule has 5 nitrogen and oxygen atoms in total. The molecule has 0 saturated carbocycles. The van der Waals surface area contributed by atoms with E-state index in [0.29, 0.717) is 5.75 Å². The number of hydrogen-bond donors (Lipinski definition) is 1. The first-order valence-electron chi connectivity index (χ1n) is 6.26. The topological polar surface area (TPSA) is 63.6 Å². The van der Waals surface area contributed by atoms with E-state index in [1.54, 1.807) is 30.7 Å². The molecule has 0 unspecified atom stereocenters. The Labute approximate surface area is 131 Å². The first-order chi connectivity index (χ1) is 10.1. The number of nitrogens with one attached hydrogen (secondary N) is 1. The van der Waals surface area contributed by atoms with Gasteiger partial charge in [-0.05, 0) is 58.2 Å². The predicted molar refractivity (Wildman–Crippen MR) is 84.3 cm³/mol. The van der Waals surface area contributed by atoms with Gasteiger partial charge in [0.15, 0.2) is 6.61 Å². The first-order valence-corrected chi connectivity index (χ1v) is 7.05. The van der Waals surface area contributed by atoms with E-state index in [0.717, 1.165) is 15.6 Å². The average Bonchev–Trinajstić information content (AvgIpc) is 2.47. The first kappa shape index (κ1) is 15.2. The lowest BCUT2D eigenvalue weighted by Gasteiger charge is -2.07. The molecular weight excluding hydrogens is 334 g/mol. The van der Waals surface area contributed by atoms with Crippen LogP contribution in [-0.4, -0.2) is 23.7 Å². The van der Waals surface area contributed by atoms with Crippen LogP contribution in [0.25, 0.3) is 0 Å². The van der Waals surface area contributed by atoms with E-state index in [9.17, 15) is 4.79 Å². The van der Waals surface area contributed by atoms with Crippen LogP contribution in [0.15, 0.2) is 52.3 Å². The molecule has 6 heteroatoms. The lowest BCUT2D eigenvalue weighted by Crippen LogP contribution is -2.24. The van der Waals surface area contributed by atoms with Gasteiger partial charge in [0.1, 0.15) is 5.75 Å². The minimum Gasteiger partial charge on any atom is -0.483 e. The number of aryl methyl sites for hydroxylation is 1. The second-order valence-electron chi connectivity index (χ2n) is 4.30. The number of nitrogens with zero attached hydrogens (tertiary/aromatic N) is 2. The highest BCUT2D eigenvalue weighted by Crippen LogP contribution is 2.25. The van der Waals surface area contributed by atoms with Crippen LogP contribution in [0, 0.1) is 6.92 Å². The molecule has 0 aliphatic rings. The zero-order valence-corrected chi connectivity index (χ0v) is 13.0. The van der Waals surface area contributed by atoms with Crippen molar-refractivity contribution in [2.75, 3.05) is 6.61 Å². The van der Waals surface area contributed by atoms with Crippen molar-refractivity contribution >= 4 is 28.1 Å². The van der Waals surface area contributed by atoms with Crippen LogP contribution in [0.2, 0.25) is 0 Å². The van der Waals surface area contributed by atoms with Crippen LogP contribution >= 0.6 is 15.9 Å². The molecule has 2 rings (SSSR count). The van der Waals surface area contributed by atoms with E-state index < -0.39 is 0 Å². The monoisotopic (exact) mass is 347 g/mol. The molecule has 0 radical (unpaired) electrons. The second-order valence-corrected chi connectivity index (χ2v) is 5.15. The van der Waals surface area contributed by atoms with Crippen LogP contribution in [-0.2, 0) is 4.79 Å². The molecule has 1 heterocycles. The number of aromatic nitrogens is 1. The molecule has 0 aliphatic carbocycles. The number of ether oxygens (including phenoxy) is 1. The zero-order valence-electron chi connectivity index (χ0n) is 11.4. The minimum absolute atomic E-state index is 0.102. The third kappa shape index (κ3) is 5.00. The zero-order chi connectivity index (χ0) is 15.1. The SMILES string of the molecule is Cc1ccc(OCC(=O)N/N=C/c2ccncc2)c(Br)c1. The number of carbonyl (C=O) groups is 1. The number of rotatable bonds is 5. The number of hydrogen-bond acceptors (Lipinski definition) is 4. The summed E-state index contributed by atoms with van der Waals surface area (Å²) >= 11 is 3.39. The second kappa shape index (κ2) is 7.54. The molecule has 0 saturated heterocycles. The lowest BCUT2D eigenvalue weighted by molar-refractivity contribution is -0.123. The van der Waals surface area contributed by atoms with Gasteiger partial charge in [0.25, 0.3) is 5.91 Å². The maximum atomic E-state index is 11.6. The van der Waals surface area contributed by atoms with E-state index >= 15 is 0 Å². The van der Waals surface area contributed by atoms with Gasteiger partial charge >= 0.3 is 0 Å². The summed E-state index contributed by atoms with van der Waals surface area (Å²) in [5, 5.41) is 3.85. The van der Waals surface area contributed by atoms with Crippen molar-refractivity contribution in [1.82, 2.24) is 10.4 Å². The van der Waals surface area contributed by atoms with E-state index in [4.69, 9.17) is 4.74 Å². The normalized spacial score (nSPS) is 10.6. The number of hydrazone groups is 1. The molecule has 2 aromatic rings. The molecule has 108 valence electrons. The molecule has 1 aromatic heterocycles. The lowest BCUT2D eigenvalue weighted by atomic mass is 10.2. The van der Waals surface area contributed by atoms with Gasteiger partial charge < -0.3 is 4.74 Å². The largest absolute Gasteiger partial charge is 0.483 e. The van der Waals surface area contributed by atoms with Crippen LogP contribution in [0.4, 0.5) is 0 Å². The van der Waals surface area contributed by atoms with Crippen molar-refractivity contribution in [3.63, 3.8) is 0 Å². The van der Waals surface area contributed by atoms with Gasteiger partial charge in [0, 0.05) is 12.4 Å². The van der Waals surface area contributed by atoms with Crippen LogP contribution in [0.1, 0.15) is 11.1 Å². The molecule has 21 heavy (non-hydrogen) atoms. The third-order valence-electron chi connectivity index (χ3n) is 2.56. The summed E-state index contributed by atoms with van der Waals surface area (Å²) in [6.45, 7) is 1.88. The Morgan fingerprint density at radius 2 is 2.14 bits per heavy atom. The van der Waals surface area contributed by atoms with Crippen LogP contribution in [0.5, 0.6) is 5.75 Å². The molecule has 0 aliphatic heterocycles. The minimum atomic E-state index is -0.326. The Kier molecular flexibility index (Phi) is 5.45. The van der Waals surface area contributed by atoms with Crippen molar-refractivity contribution in [3.05, 3.63) is 58.3 Å². The van der Waals surface area contributed by atoms with Crippen molar-refractivity contribution in [1.29, 1.82) is 0 Å². The molecule has 0 fully saturated rings. The van der Waals surface area contributed by atoms with E-state index in [1.165, 1.54) is 0 Å². The van der Waals surface area contributed by atoms with Gasteiger partial charge in [-0.1, -0.05) is 6.07 Å². The summed E-state index contributed by atoms with van der Waals surface area (Å²) in [4.78, 5) is 15.5. The fourth-order valence-corrected chi connectivity index (χ4v) is 2.13. The maximum absolute atomic E-state index is 11.6. The summed E-state index contributed by atoms with van der Waals surface area (Å²) in [6, 6.07) is 9.23. The molecule has 1 N–H and O–H groups in total. The Balaban J connectivity index is 1.81. The summed E-state index contributed by atoms with van der Waals surface area (Å²) in [6.07, 6.45) is 4.85. The van der Waals surface area contributed by atoms with Gasteiger partial charge in [0.05, 0.1) is 10.7 Å². The summed E-state index contributed by atoms with van der Waals surface area (Å²) in [7, 11) is 0. The highest BCUT2D eigenvalue weighted by Gasteiger charge is 2.04. The quantitative estimate of drug-likeness (QED) is 0.668. The standard InChI is InChI=1S/C15H14BrN3O2/c1-11-2-3-14(13(16)8-11)21-10-15(20)19-18-9-12-4-6-17-7-5-12/h2-9H,10H2,1H3,(H,19,20)/b18-9+. The van der Waals surface area contributed by atoms with Gasteiger partial charge in [0.2, 0.25) is 0 Å². The van der Waals surface area contributed by atoms with Gasteiger partial charge in [-0.25, -0.2) is 5.43 Å². The predicted octanol–water partition coefficient (Wildman–Crippen LogP) is 2.68. The van der Waals surface area contributed by atoms with E-state index in [1.807, 2.05) is 25.1 Å². The van der Waals surface area contributed by atoms with E-state index in [-0.39, 0.29) is 12.5 Å². The number of benzene rings is 1. The summed E-state index contributed by atoms with van der Waals surface area (Å²) in [5.41, 5.74) is 4.37. The smallest absolute Gasteiger partial charge is 0.277 e. The van der Waals surface area contributed by atoms with Gasteiger partial charge in [-0.15, -0.1) is 0 Å². The van der Waals surface area contributed by atoms with Gasteiger partial charge in [-0.3, -0.25) is 9.78 Å². The highest BCUT2D eigenvalue weighted by atomic mass is 79.9. The summed E-state index contributed by atoms with van der Waals surface area (Å²) in [5.74, 6) is 0.293. The van der Waals surface area contributed by atoms with Crippen molar-refractivity contribution in [3.8, 4) is 5.75 Å². The number of pyridine rings is 1. The fourth-order valence-electron chi connectivity index (χ4n) is 1.53. The van der Waals surface area contributed by atoms with Crippen molar-refractivity contribution < 1.29 is 9.53 Å². The van der Waals surface area contributed by atoms with Crippen molar-refractivity contribution in [2.45, 2.75) is 6.92 Å². The Bertz CT molecular complexity index is 645. The molecule has 1 aromatic carbocycles. The Morgan fingerprint density at radius 3 is 2.86 bits per heavy atom. The molecular formula is C15H14BrN3O2. The fraction of sp³-hybridized carbons (Fsp3) is 0.133. The third-order valence-corrected chi connectivity index (χ3v) is 3.17. The molecule has 0 atom stereocenters. The van der Waals surface area contributed by atoms with Gasteiger partial charge in [-0.2, -0.15) is 5.10 Å². The number of carbonyl (C=O) groups excluding carboxylic acids is 1. The molecule has 0 bridgehead atoms. The average molecular weight is 348 g/mol. The summed E-state index contributed by atoms with van der Waals surface area (Å²) < 4.78 is 6.23. The van der Waals surface area contributed by atoms with E-state index in [2.05, 4.69) is 31.4 Å². The Morgan fingerprint density at radius 1 is 1.38 bits per heavy atom. The maximum Gasteiger partial charge on any atom is 0.277 e. The highest BCUT2D eigenvalue weighted by molar-refractivity contribution is 9.10. The van der Waals surface area contributed by atoms with Crippen LogP contribution in [0.3, 0.4) is 0 Å². The van der Waals surface area contributed by atoms with Crippen molar-refractivity contribution in [2.24, 2.45) is 5.10 Å². The number of amides is 1. The molecule has 1 amide bonds. The Hall–Kier alpha value is -2.21.